The predicted octanol–water partition coefficient (Wildman–Crippen LogP) is 3.50. The van der Waals surface area contributed by atoms with E-state index in [1.807, 2.05) is 12.3 Å². The maximum Gasteiger partial charge on any atom is 0.179 e. The molecule has 1 fully saturated rings. The molecule has 140 valence electrons. The third kappa shape index (κ3) is 5.18. The van der Waals surface area contributed by atoms with E-state index < -0.39 is 0 Å². The highest BCUT2D eigenvalue weighted by Crippen LogP contribution is 2.27. The zero-order valence-electron chi connectivity index (χ0n) is 15.9. The first-order valence-corrected chi connectivity index (χ1v) is 9.60. The second-order valence-corrected chi connectivity index (χ2v) is 6.76. The maximum absolute atomic E-state index is 6.00. The number of aromatic nitrogens is 2. The number of nitrogens with zero attached hydrogens (tertiary/aromatic N) is 3. The molecule has 0 N–H and O–H groups in total. The molecule has 3 heterocycles. The van der Waals surface area contributed by atoms with Crippen LogP contribution in [-0.2, 0) is 12.8 Å². The number of rotatable bonds is 9. The number of aryl methyl sites for hydroxylation is 1. The summed E-state index contributed by atoms with van der Waals surface area (Å²) in [6, 6.07) is 6.18. The van der Waals surface area contributed by atoms with Crippen LogP contribution in [0.1, 0.15) is 43.1 Å². The van der Waals surface area contributed by atoms with Crippen LogP contribution in [0, 0.1) is 0 Å². The molecule has 0 unspecified atom stereocenters. The molecule has 5 nitrogen and oxygen atoms in total. The Bertz CT molecular complexity index is 699. The molecule has 0 saturated carbocycles. The first-order chi connectivity index (χ1) is 12.8. The smallest absolute Gasteiger partial charge is 0.179 e. The van der Waals surface area contributed by atoms with Crippen LogP contribution in [0.15, 0.2) is 30.6 Å². The van der Waals surface area contributed by atoms with Crippen molar-refractivity contribution in [1.29, 1.82) is 0 Å². The van der Waals surface area contributed by atoms with E-state index >= 15 is 0 Å². The summed E-state index contributed by atoms with van der Waals surface area (Å²) in [6.45, 7) is 6.41. The zero-order valence-corrected chi connectivity index (χ0v) is 15.9. The van der Waals surface area contributed by atoms with Gasteiger partial charge in [-0.3, -0.25) is 9.97 Å². The quantitative estimate of drug-likeness (QED) is 0.644. The summed E-state index contributed by atoms with van der Waals surface area (Å²) in [6.07, 6.45) is 9.01. The van der Waals surface area contributed by atoms with Crippen molar-refractivity contribution in [2.24, 2.45) is 0 Å². The average Bonchev–Trinajstić information content (AvgIpc) is 3.19. The zero-order chi connectivity index (χ0) is 18.2. The molecule has 2 aromatic heterocycles. The standard InChI is InChI=1S/C21H29N3O2/c1-3-17-7-8-22-18(13-17)14-19-15-20(21(25-2)16-23-19)26-12-6-11-24-9-4-5-10-24/h7-8,13,15-16H,3-6,9-12,14H2,1-2H3. The summed E-state index contributed by atoms with van der Waals surface area (Å²) in [4.78, 5) is 11.5. The van der Waals surface area contributed by atoms with Gasteiger partial charge in [0, 0.05) is 30.9 Å². The molecule has 0 spiro atoms. The Balaban J connectivity index is 1.59. The Labute approximate surface area is 156 Å². The number of methoxy groups -OCH3 is 1. The van der Waals surface area contributed by atoms with E-state index in [1.165, 1.54) is 31.5 Å². The van der Waals surface area contributed by atoms with E-state index in [0.29, 0.717) is 18.8 Å². The Morgan fingerprint density at radius 2 is 1.88 bits per heavy atom. The molecule has 0 amide bonds. The molecule has 1 saturated heterocycles. The second-order valence-electron chi connectivity index (χ2n) is 6.76. The molecular formula is C21H29N3O2. The lowest BCUT2D eigenvalue weighted by molar-refractivity contribution is 0.253. The van der Waals surface area contributed by atoms with Gasteiger partial charge in [0.25, 0.3) is 0 Å². The highest BCUT2D eigenvalue weighted by Gasteiger charge is 2.12. The first kappa shape index (κ1) is 18.6. The molecule has 0 bridgehead atoms. The van der Waals surface area contributed by atoms with Gasteiger partial charge < -0.3 is 14.4 Å². The van der Waals surface area contributed by atoms with Crippen molar-refractivity contribution < 1.29 is 9.47 Å². The molecule has 0 radical (unpaired) electrons. The van der Waals surface area contributed by atoms with Gasteiger partial charge in [0.2, 0.25) is 0 Å². The lowest BCUT2D eigenvalue weighted by Crippen LogP contribution is -2.22. The van der Waals surface area contributed by atoms with E-state index in [4.69, 9.17) is 9.47 Å². The maximum atomic E-state index is 6.00. The van der Waals surface area contributed by atoms with Crippen LogP contribution in [0.5, 0.6) is 11.5 Å². The number of ether oxygens (including phenoxy) is 2. The van der Waals surface area contributed by atoms with E-state index in [1.54, 1.807) is 13.3 Å². The van der Waals surface area contributed by atoms with Gasteiger partial charge in [0.1, 0.15) is 0 Å². The fourth-order valence-electron chi connectivity index (χ4n) is 3.33. The Hall–Kier alpha value is -2.14. The van der Waals surface area contributed by atoms with E-state index in [2.05, 4.69) is 33.9 Å². The number of hydrogen-bond donors (Lipinski definition) is 0. The van der Waals surface area contributed by atoms with Crippen molar-refractivity contribution in [3.8, 4) is 11.5 Å². The molecule has 2 aromatic rings. The average molecular weight is 355 g/mol. The molecular weight excluding hydrogens is 326 g/mol. The summed E-state index contributed by atoms with van der Waals surface area (Å²) in [5.41, 5.74) is 3.27. The molecule has 26 heavy (non-hydrogen) atoms. The Kier molecular flexibility index (Phi) is 6.83. The normalized spacial score (nSPS) is 14.5. The third-order valence-corrected chi connectivity index (χ3v) is 4.83. The molecule has 3 rings (SSSR count). The number of likely N-dealkylation sites (tertiary alicyclic amines) is 1. The minimum absolute atomic E-state index is 0.685. The van der Waals surface area contributed by atoms with Crippen molar-refractivity contribution >= 4 is 0 Å². The van der Waals surface area contributed by atoms with E-state index in [9.17, 15) is 0 Å². The fourth-order valence-corrected chi connectivity index (χ4v) is 3.33. The summed E-state index contributed by atoms with van der Waals surface area (Å²) in [5, 5.41) is 0. The minimum Gasteiger partial charge on any atom is -0.491 e. The van der Waals surface area contributed by atoms with Crippen molar-refractivity contribution in [2.45, 2.75) is 39.0 Å². The Morgan fingerprint density at radius 1 is 1.08 bits per heavy atom. The summed E-state index contributed by atoms with van der Waals surface area (Å²) < 4.78 is 11.4. The van der Waals surface area contributed by atoms with Crippen LogP contribution in [-0.4, -0.2) is 48.2 Å². The summed E-state index contributed by atoms with van der Waals surface area (Å²) in [5.74, 6) is 1.45. The van der Waals surface area contributed by atoms with Gasteiger partial charge in [-0.05, 0) is 56.5 Å². The van der Waals surface area contributed by atoms with Crippen LogP contribution in [0.2, 0.25) is 0 Å². The molecule has 0 aromatic carbocycles. The van der Waals surface area contributed by atoms with E-state index in [0.717, 1.165) is 36.5 Å². The lowest BCUT2D eigenvalue weighted by Gasteiger charge is -2.15. The summed E-state index contributed by atoms with van der Waals surface area (Å²) >= 11 is 0. The second kappa shape index (κ2) is 9.53. The van der Waals surface area contributed by atoms with Crippen molar-refractivity contribution in [3.63, 3.8) is 0 Å². The van der Waals surface area contributed by atoms with Crippen LogP contribution in [0.3, 0.4) is 0 Å². The van der Waals surface area contributed by atoms with E-state index in [-0.39, 0.29) is 0 Å². The topological polar surface area (TPSA) is 47.5 Å². The first-order valence-electron chi connectivity index (χ1n) is 9.60. The number of hydrogen-bond acceptors (Lipinski definition) is 5. The van der Waals surface area contributed by atoms with Gasteiger partial charge in [-0.1, -0.05) is 6.92 Å². The minimum atomic E-state index is 0.685. The summed E-state index contributed by atoms with van der Waals surface area (Å²) in [7, 11) is 1.65. The van der Waals surface area contributed by atoms with Crippen LogP contribution >= 0.6 is 0 Å². The van der Waals surface area contributed by atoms with Gasteiger partial charge in [0.05, 0.1) is 25.6 Å². The highest BCUT2D eigenvalue weighted by atomic mass is 16.5. The van der Waals surface area contributed by atoms with Gasteiger partial charge in [-0.25, -0.2) is 0 Å². The molecule has 1 aliphatic rings. The molecule has 0 atom stereocenters. The van der Waals surface area contributed by atoms with Gasteiger partial charge >= 0.3 is 0 Å². The Morgan fingerprint density at radius 3 is 2.65 bits per heavy atom. The lowest BCUT2D eigenvalue weighted by atomic mass is 10.1. The van der Waals surface area contributed by atoms with Crippen LogP contribution in [0.25, 0.3) is 0 Å². The largest absolute Gasteiger partial charge is 0.491 e. The van der Waals surface area contributed by atoms with Gasteiger partial charge in [0.15, 0.2) is 11.5 Å². The van der Waals surface area contributed by atoms with Crippen molar-refractivity contribution in [2.75, 3.05) is 33.4 Å². The van der Waals surface area contributed by atoms with Crippen LogP contribution in [0.4, 0.5) is 0 Å². The van der Waals surface area contributed by atoms with Crippen molar-refractivity contribution in [1.82, 2.24) is 14.9 Å². The van der Waals surface area contributed by atoms with Crippen LogP contribution < -0.4 is 9.47 Å². The number of pyridine rings is 2. The van der Waals surface area contributed by atoms with Gasteiger partial charge in [-0.2, -0.15) is 0 Å². The predicted molar refractivity (Wildman–Crippen MR) is 103 cm³/mol. The van der Waals surface area contributed by atoms with Crippen molar-refractivity contribution in [3.05, 3.63) is 47.5 Å². The fraction of sp³-hybridized carbons (Fsp3) is 0.524. The monoisotopic (exact) mass is 355 g/mol. The SMILES string of the molecule is CCc1ccnc(Cc2cc(OCCCN3CCCC3)c(OC)cn2)c1. The molecule has 1 aliphatic heterocycles. The highest BCUT2D eigenvalue weighted by molar-refractivity contribution is 5.39. The molecule has 0 aliphatic carbocycles. The van der Waals surface area contributed by atoms with Gasteiger partial charge in [-0.15, -0.1) is 0 Å². The molecule has 5 heteroatoms. The third-order valence-electron chi connectivity index (χ3n) is 4.83.